The molecule has 2 amide bonds. The molecule has 0 aliphatic carbocycles. The topological polar surface area (TPSA) is 83.6 Å². The minimum Gasteiger partial charge on any atom is -0.344 e. The van der Waals surface area contributed by atoms with Crippen LogP contribution in [0.15, 0.2) is 0 Å². The molecule has 0 aromatic carbocycles. The van der Waals surface area contributed by atoms with Gasteiger partial charge in [0.1, 0.15) is 15.9 Å². The van der Waals surface area contributed by atoms with E-state index in [9.17, 15) is 18.0 Å². The summed E-state index contributed by atoms with van der Waals surface area (Å²) < 4.78 is 22.2. The Bertz CT molecular complexity index is 459. The van der Waals surface area contributed by atoms with Crippen molar-refractivity contribution in [1.29, 1.82) is 0 Å². The first-order valence-corrected chi connectivity index (χ1v) is 9.01. The molecule has 1 aliphatic heterocycles. The van der Waals surface area contributed by atoms with Crippen LogP contribution in [0.1, 0.15) is 33.1 Å². The van der Waals surface area contributed by atoms with Crippen LogP contribution in [0.3, 0.4) is 0 Å². The van der Waals surface area contributed by atoms with Crippen LogP contribution in [0, 0.1) is 5.92 Å². The zero-order valence-electron chi connectivity index (χ0n) is 12.4. The Labute approximate surface area is 120 Å². The van der Waals surface area contributed by atoms with Crippen molar-refractivity contribution in [2.75, 3.05) is 25.1 Å². The van der Waals surface area contributed by atoms with Gasteiger partial charge in [0.05, 0.1) is 5.75 Å². The molecule has 0 aromatic rings. The molecule has 1 atom stereocenters. The van der Waals surface area contributed by atoms with Crippen molar-refractivity contribution in [3.05, 3.63) is 0 Å². The maximum absolute atomic E-state index is 12.3. The number of carbonyl (C=O) groups excluding carboxylic acids is 2. The van der Waals surface area contributed by atoms with Crippen LogP contribution < -0.4 is 5.32 Å². The number of carbonyl (C=O) groups is 2. The maximum Gasteiger partial charge on any atom is 0.245 e. The highest BCUT2D eigenvalue weighted by Crippen LogP contribution is 2.12. The molecule has 6 nitrogen and oxygen atoms in total. The minimum atomic E-state index is -3.02. The monoisotopic (exact) mass is 304 g/mol. The number of hydrogen-bond donors (Lipinski definition) is 1. The molecule has 0 aromatic heterocycles. The van der Waals surface area contributed by atoms with Gasteiger partial charge < -0.3 is 10.2 Å². The zero-order chi connectivity index (χ0) is 15.3. The lowest BCUT2D eigenvalue weighted by Gasteiger charge is -2.24. The van der Waals surface area contributed by atoms with Gasteiger partial charge in [-0.25, -0.2) is 8.42 Å². The number of hydrogen-bond acceptors (Lipinski definition) is 4. The first-order valence-electron chi connectivity index (χ1n) is 6.95. The van der Waals surface area contributed by atoms with Crippen molar-refractivity contribution in [2.45, 2.75) is 39.2 Å². The summed E-state index contributed by atoms with van der Waals surface area (Å²) in [5.74, 6) is 0.153. The fraction of sp³-hybridized carbons (Fsp3) is 0.846. The van der Waals surface area contributed by atoms with E-state index in [0.29, 0.717) is 31.8 Å². The van der Waals surface area contributed by atoms with Gasteiger partial charge in [0.25, 0.3) is 0 Å². The van der Waals surface area contributed by atoms with E-state index >= 15 is 0 Å². The van der Waals surface area contributed by atoms with Crippen LogP contribution in [0.5, 0.6) is 0 Å². The van der Waals surface area contributed by atoms with Gasteiger partial charge in [-0.3, -0.25) is 9.59 Å². The van der Waals surface area contributed by atoms with Gasteiger partial charge in [0.2, 0.25) is 11.8 Å². The predicted octanol–water partition coefficient (Wildman–Crippen LogP) is 0.184. The smallest absolute Gasteiger partial charge is 0.245 e. The highest BCUT2D eigenvalue weighted by atomic mass is 32.2. The maximum atomic E-state index is 12.3. The molecule has 0 spiro atoms. The van der Waals surface area contributed by atoms with Crippen molar-refractivity contribution < 1.29 is 18.0 Å². The first kappa shape index (κ1) is 16.9. The quantitative estimate of drug-likeness (QED) is 0.759. The Morgan fingerprint density at radius 1 is 1.35 bits per heavy atom. The number of nitrogens with one attached hydrogen (secondary N) is 1. The summed E-state index contributed by atoms with van der Waals surface area (Å²) in [6.45, 7) is 4.75. The fourth-order valence-electron chi connectivity index (χ4n) is 2.27. The molecule has 1 heterocycles. The van der Waals surface area contributed by atoms with Crippen molar-refractivity contribution in [3.63, 3.8) is 0 Å². The third-order valence-corrected chi connectivity index (χ3v) is 4.23. The summed E-state index contributed by atoms with van der Waals surface area (Å²) in [7, 11) is -3.02. The summed E-state index contributed by atoms with van der Waals surface area (Å²) in [6, 6.07) is -0.483. The van der Waals surface area contributed by atoms with Crippen LogP contribution in [0.25, 0.3) is 0 Å². The molecular weight excluding hydrogens is 280 g/mol. The third-order valence-electron chi connectivity index (χ3n) is 3.20. The fourth-order valence-corrected chi connectivity index (χ4v) is 2.92. The molecule has 1 rings (SSSR count). The van der Waals surface area contributed by atoms with Gasteiger partial charge in [0, 0.05) is 25.8 Å². The van der Waals surface area contributed by atoms with E-state index in [1.54, 1.807) is 4.90 Å². The van der Waals surface area contributed by atoms with Gasteiger partial charge in [-0.2, -0.15) is 0 Å². The Morgan fingerprint density at radius 2 is 2.00 bits per heavy atom. The number of rotatable bonds is 6. The van der Waals surface area contributed by atoms with Gasteiger partial charge >= 0.3 is 0 Å². The second-order valence-electron chi connectivity index (χ2n) is 5.81. The van der Waals surface area contributed by atoms with Crippen molar-refractivity contribution in [3.8, 4) is 0 Å². The number of amides is 2. The lowest BCUT2D eigenvalue weighted by atomic mass is 10.0. The SMILES string of the molecule is CC(C)CC1NC(=O)CCN(CCCS(C)(=O)=O)C1=O. The van der Waals surface area contributed by atoms with Gasteiger partial charge in [-0.1, -0.05) is 13.8 Å². The third kappa shape index (κ3) is 5.90. The minimum absolute atomic E-state index is 0.0625. The normalized spacial score (nSPS) is 21.0. The molecule has 7 heteroatoms. The van der Waals surface area contributed by atoms with E-state index in [-0.39, 0.29) is 24.0 Å². The Hall–Kier alpha value is -1.11. The molecule has 20 heavy (non-hydrogen) atoms. The predicted molar refractivity (Wildman–Crippen MR) is 76.9 cm³/mol. The molecular formula is C13H24N2O4S. The summed E-state index contributed by atoms with van der Waals surface area (Å²) in [6.07, 6.45) is 2.48. The largest absolute Gasteiger partial charge is 0.344 e. The van der Waals surface area contributed by atoms with E-state index < -0.39 is 15.9 Å². The molecule has 1 fully saturated rings. The molecule has 1 saturated heterocycles. The Morgan fingerprint density at radius 3 is 2.55 bits per heavy atom. The molecule has 1 unspecified atom stereocenters. The summed E-state index contributed by atoms with van der Waals surface area (Å²) in [5.41, 5.74) is 0. The van der Waals surface area contributed by atoms with Crippen molar-refractivity contribution in [1.82, 2.24) is 10.2 Å². The highest BCUT2D eigenvalue weighted by Gasteiger charge is 2.29. The van der Waals surface area contributed by atoms with E-state index in [1.165, 1.54) is 6.26 Å². The lowest BCUT2D eigenvalue weighted by Crippen LogP contribution is -2.45. The van der Waals surface area contributed by atoms with E-state index in [2.05, 4.69) is 5.32 Å². The summed E-state index contributed by atoms with van der Waals surface area (Å²) in [5, 5.41) is 2.75. The highest BCUT2D eigenvalue weighted by molar-refractivity contribution is 7.90. The second-order valence-corrected chi connectivity index (χ2v) is 8.07. The molecule has 1 aliphatic rings. The number of nitrogens with zero attached hydrogens (tertiary/aromatic N) is 1. The van der Waals surface area contributed by atoms with E-state index in [0.717, 1.165) is 0 Å². The average molecular weight is 304 g/mol. The van der Waals surface area contributed by atoms with Gasteiger partial charge in [-0.15, -0.1) is 0 Å². The zero-order valence-corrected chi connectivity index (χ0v) is 13.2. The van der Waals surface area contributed by atoms with Crippen LogP contribution in [0.2, 0.25) is 0 Å². The molecule has 1 N–H and O–H groups in total. The van der Waals surface area contributed by atoms with E-state index in [4.69, 9.17) is 0 Å². The van der Waals surface area contributed by atoms with Crippen LogP contribution >= 0.6 is 0 Å². The molecule has 116 valence electrons. The summed E-state index contributed by atoms with van der Waals surface area (Å²) >= 11 is 0. The standard InChI is InChI=1S/C13H24N2O4S/c1-10(2)9-11-13(17)15(7-5-12(16)14-11)6-4-8-20(3,18)19/h10-11H,4-9H2,1-3H3,(H,14,16). The van der Waals surface area contributed by atoms with Gasteiger partial charge in [0.15, 0.2) is 0 Å². The average Bonchev–Trinajstić information content (AvgIpc) is 2.40. The van der Waals surface area contributed by atoms with Crippen LogP contribution in [-0.2, 0) is 19.4 Å². The Balaban J connectivity index is 2.64. The van der Waals surface area contributed by atoms with Crippen molar-refractivity contribution >= 4 is 21.7 Å². The van der Waals surface area contributed by atoms with E-state index in [1.807, 2.05) is 13.8 Å². The lowest BCUT2D eigenvalue weighted by molar-refractivity contribution is -0.134. The van der Waals surface area contributed by atoms with Gasteiger partial charge in [-0.05, 0) is 18.8 Å². The van der Waals surface area contributed by atoms with Crippen LogP contribution in [0.4, 0.5) is 0 Å². The number of sulfone groups is 1. The van der Waals surface area contributed by atoms with Crippen LogP contribution in [-0.4, -0.2) is 56.3 Å². The molecule has 0 radical (unpaired) electrons. The summed E-state index contributed by atoms with van der Waals surface area (Å²) in [4.78, 5) is 25.6. The van der Waals surface area contributed by atoms with Crippen molar-refractivity contribution in [2.24, 2.45) is 5.92 Å². The first-order chi connectivity index (χ1) is 9.19. The second kappa shape index (κ2) is 7.06. The molecule has 0 bridgehead atoms. The molecule has 0 saturated carbocycles. The Kier molecular flexibility index (Phi) is 5.98.